The third-order valence-corrected chi connectivity index (χ3v) is 1.93. The van der Waals surface area contributed by atoms with Crippen LogP contribution < -0.4 is 21.5 Å². The van der Waals surface area contributed by atoms with Gasteiger partial charge in [-0.1, -0.05) is 12.1 Å². The standard InChI is InChI=1S/C11H15N3O3/c12-10(15)6-14-5-8-1-3-9(4-2-8)17-7-11(13)16/h1-4,14H,5-7H2,(H2,12,15)(H2,13,16). The summed E-state index contributed by atoms with van der Waals surface area (Å²) in [5.74, 6) is -0.342. The average Bonchev–Trinajstić information content (AvgIpc) is 2.27. The van der Waals surface area contributed by atoms with Crippen LogP contribution in [-0.4, -0.2) is 25.0 Å². The molecule has 0 aliphatic heterocycles. The zero-order valence-corrected chi connectivity index (χ0v) is 9.31. The van der Waals surface area contributed by atoms with Crippen molar-refractivity contribution in [2.24, 2.45) is 11.5 Å². The van der Waals surface area contributed by atoms with Crippen LogP contribution >= 0.6 is 0 Å². The Labute approximate surface area is 98.9 Å². The molecule has 0 bridgehead atoms. The van der Waals surface area contributed by atoms with Crippen molar-refractivity contribution in [2.45, 2.75) is 6.54 Å². The highest BCUT2D eigenvalue weighted by Crippen LogP contribution is 2.11. The predicted octanol–water partition coefficient (Wildman–Crippen LogP) is -0.874. The van der Waals surface area contributed by atoms with Crippen LogP contribution in [0.5, 0.6) is 5.75 Å². The first-order chi connectivity index (χ1) is 8.08. The SMILES string of the molecule is NC(=O)CNCc1ccc(OCC(N)=O)cc1. The number of rotatable bonds is 7. The molecule has 0 spiro atoms. The third-order valence-electron chi connectivity index (χ3n) is 1.93. The van der Waals surface area contributed by atoms with Crippen LogP contribution in [0.25, 0.3) is 0 Å². The van der Waals surface area contributed by atoms with E-state index in [0.29, 0.717) is 12.3 Å². The summed E-state index contributed by atoms with van der Waals surface area (Å²) in [6, 6.07) is 7.10. The number of hydrogen-bond donors (Lipinski definition) is 3. The second-order valence-corrected chi connectivity index (χ2v) is 3.47. The number of carbonyl (C=O) groups is 2. The molecule has 0 radical (unpaired) electrons. The maximum Gasteiger partial charge on any atom is 0.255 e. The first-order valence-electron chi connectivity index (χ1n) is 5.07. The van der Waals surface area contributed by atoms with E-state index in [0.717, 1.165) is 5.56 Å². The minimum Gasteiger partial charge on any atom is -0.484 e. The molecular formula is C11H15N3O3. The topological polar surface area (TPSA) is 107 Å². The summed E-state index contributed by atoms with van der Waals surface area (Å²) < 4.78 is 5.10. The minimum absolute atomic E-state index is 0.139. The molecule has 1 aromatic rings. The fraction of sp³-hybridized carbons (Fsp3) is 0.273. The summed E-state index contributed by atoms with van der Waals surface area (Å²) in [6.07, 6.45) is 0. The van der Waals surface area contributed by atoms with Gasteiger partial charge in [0.2, 0.25) is 5.91 Å². The Morgan fingerprint density at radius 2 is 1.76 bits per heavy atom. The Balaban J connectivity index is 2.39. The Kier molecular flexibility index (Phi) is 4.96. The first-order valence-corrected chi connectivity index (χ1v) is 5.07. The number of nitrogens with one attached hydrogen (secondary N) is 1. The molecule has 0 saturated heterocycles. The molecule has 0 heterocycles. The van der Waals surface area contributed by atoms with Gasteiger partial charge in [0.1, 0.15) is 5.75 Å². The van der Waals surface area contributed by atoms with E-state index in [-0.39, 0.29) is 13.2 Å². The lowest BCUT2D eigenvalue weighted by atomic mass is 10.2. The second-order valence-electron chi connectivity index (χ2n) is 3.47. The summed E-state index contributed by atoms with van der Waals surface area (Å²) >= 11 is 0. The fourth-order valence-electron chi connectivity index (χ4n) is 1.19. The quantitative estimate of drug-likeness (QED) is 0.572. The molecule has 0 unspecified atom stereocenters. The average molecular weight is 237 g/mol. The Morgan fingerprint density at radius 1 is 1.12 bits per heavy atom. The van der Waals surface area contributed by atoms with Crippen LogP contribution in [0.1, 0.15) is 5.56 Å². The molecule has 5 N–H and O–H groups in total. The predicted molar refractivity (Wildman–Crippen MR) is 62.0 cm³/mol. The summed E-state index contributed by atoms with van der Waals surface area (Å²) in [4.78, 5) is 21.0. The zero-order chi connectivity index (χ0) is 12.7. The van der Waals surface area contributed by atoms with Gasteiger partial charge in [-0.25, -0.2) is 0 Å². The largest absolute Gasteiger partial charge is 0.484 e. The maximum atomic E-state index is 10.5. The molecule has 0 fully saturated rings. The van der Waals surface area contributed by atoms with Crippen molar-refractivity contribution in [1.29, 1.82) is 0 Å². The van der Waals surface area contributed by atoms with E-state index >= 15 is 0 Å². The highest BCUT2D eigenvalue weighted by atomic mass is 16.5. The van der Waals surface area contributed by atoms with Gasteiger partial charge in [0, 0.05) is 6.54 Å². The minimum atomic E-state index is -0.516. The van der Waals surface area contributed by atoms with Gasteiger partial charge < -0.3 is 21.5 Å². The number of hydrogen-bond acceptors (Lipinski definition) is 4. The number of amides is 2. The van der Waals surface area contributed by atoms with Gasteiger partial charge in [-0.2, -0.15) is 0 Å². The molecule has 0 aliphatic rings. The molecular weight excluding hydrogens is 222 g/mol. The fourth-order valence-corrected chi connectivity index (χ4v) is 1.19. The van der Waals surface area contributed by atoms with Crippen LogP contribution in [0.15, 0.2) is 24.3 Å². The van der Waals surface area contributed by atoms with Crippen molar-refractivity contribution in [3.63, 3.8) is 0 Å². The molecule has 6 nitrogen and oxygen atoms in total. The summed E-state index contributed by atoms with van der Waals surface area (Å²) in [5.41, 5.74) is 10.9. The van der Waals surface area contributed by atoms with Crippen molar-refractivity contribution in [2.75, 3.05) is 13.2 Å². The van der Waals surface area contributed by atoms with Gasteiger partial charge in [-0.05, 0) is 17.7 Å². The van der Waals surface area contributed by atoms with E-state index in [4.69, 9.17) is 16.2 Å². The van der Waals surface area contributed by atoms with E-state index in [1.165, 1.54) is 0 Å². The number of nitrogens with two attached hydrogens (primary N) is 2. The highest BCUT2D eigenvalue weighted by molar-refractivity contribution is 5.76. The summed E-state index contributed by atoms with van der Waals surface area (Å²) in [5, 5.41) is 2.88. The smallest absolute Gasteiger partial charge is 0.255 e. The van der Waals surface area contributed by atoms with E-state index in [1.807, 2.05) is 12.1 Å². The van der Waals surface area contributed by atoms with Crippen molar-refractivity contribution in [1.82, 2.24) is 5.32 Å². The number of benzene rings is 1. The molecule has 1 aromatic carbocycles. The third kappa shape index (κ3) is 5.53. The van der Waals surface area contributed by atoms with Gasteiger partial charge in [0.15, 0.2) is 6.61 Å². The van der Waals surface area contributed by atoms with Crippen molar-refractivity contribution in [3.05, 3.63) is 29.8 Å². The van der Waals surface area contributed by atoms with E-state index < -0.39 is 11.8 Å². The van der Waals surface area contributed by atoms with E-state index in [1.54, 1.807) is 12.1 Å². The van der Waals surface area contributed by atoms with Gasteiger partial charge in [-0.15, -0.1) is 0 Å². The normalized spacial score (nSPS) is 9.88. The second kappa shape index (κ2) is 6.49. The van der Waals surface area contributed by atoms with Crippen LogP contribution in [0.2, 0.25) is 0 Å². The number of ether oxygens (including phenoxy) is 1. The van der Waals surface area contributed by atoms with Gasteiger partial charge in [-0.3, -0.25) is 9.59 Å². The van der Waals surface area contributed by atoms with Crippen LogP contribution in [-0.2, 0) is 16.1 Å². The first kappa shape index (κ1) is 13.0. The van der Waals surface area contributed by atoms with Gasteiger partial charge in [0.05, 0.1) is 6.54 Å². The van der Waals surface area contributed by atoms with Crippen molar-refractivity contribution in [3.8, 4) is 5.75 Å². The van der Waals surface area contributed by atoms with Gasteiger partial charge in [0.25, 0.3) is 5.91 Å². The molecule has 0 aromatic heterocycles. The Bertz CT molecular complexity index is 389. The van der Waals surface area contributed by atoms with Crippen LogP contribution in [0, 0.1) is 0 Å². The molecule has 17 heavy (non-hydrogen) atoms. The monoisotopic (exact) mass is 237 g/mol. The van der Waals surface area contributed by atoms with E-state index in [9.17, 15) is 9.59 Å². The molecule has 92 valence electrons. The van der Waals surface area contributed by atoms with Crippen molar-refractivity contribution >= 4 is 11.8 Å². The molecule has 1 rings (SSSR count). The Hall–Kier alpha value is -2.08. The lowest BCUT2D eigenvalue weighted by Crippen LogP contribution is -2.28. The molecule has 0 saturated carbocycles. The van der Waals surface area contributed by atoms with E-state index in [2.05, 4.69) is 5.32 Å². The van der Waals surface area contributed by atoms with Crippen LogP contribution in [0.4, 0.5) is 0 Å². The molecule has 2 amide bonds. The molecule has 0 aliphatic carbocycles. The van der Waals surface area contributed by atoms with Crippen LogP contribution in [0.3, 0.4) is 0 Å². The summed E-state index contributed by atoms with van der Waals surface area (Å²) in [7, 11) is 0. The zero-order valence-electron chi connectivity index (χ0n) is 9.31. The summed E-state index contributed by atoms with van der Waals surface area (Å²) in [6.45, 7) is 0.540. The van der Waals surface area contributed by atoms with Crippen molar-refractivity contribution < 1.29 is 14.3 Å². The molecule has 0 atom stereocenters. The molecule has 6 heteroatoms. The number of primary amides is 2. The Morgan fingerprint density at radius 3 is 2.29 bits per heavy atom. The maximum absolute atomic E-state index is 10.5. The lowest BCUT2D eigenvalue weighted by molar-refractivity contribution is -0.120. The highest BCUT2D eigenvalue weighted by Gasteiger charge is 1.99. The number of carbonyl (C=O) groups excluding carboxylic acids is 2. The van der Waals surface area contributed by atoms with Gasteiger partial charge >= 0.3 is 0 Å². The lowest BCUT2D eigenvalue weighted by Gasteiger charge is -2.05.